The summed E-state index contributed by atoms with van der Waals surface area (Å²) >= 11 is 0. The van der Waals surface area contributed by atoms with Crippen molar-refractivity contribution in [3.05, 3.63) is 35.4 Å². The molecule has 18 heavy (non-hydrogen) atoms. The van der Waals surface area contributed by atoms with Crippen LogP contribution in [0.5, 0.6) is 0 Å². The number of hydrogen-bond acceptors (Lipinski definition) is 4. The van der Waals surface area contributed by atoms with Gasteiger partial charge < -0.3 is 10.8 Å². The minimum atomic E-state index is -0.287. The van der Waals surface area contributed by atoms with Crippen molar-refractivity contribution in [3.8, 4) is 0 Å². The highest BCUT2D eigenvalue weighted by Crippen LogP contribution is 2.09. The number of benzene rings is 1. The minimum Gasteiger partial charge on any atom is -0.392 e. The molecule has 0 spiro atoms. The van der Waals surface area contributed by atoms with E-state index < -0.39 is 0 Å². The summed E-state index contributed by atoms with van der Waals surface area (Å²) < 4.78 is 0. The number of ketones is 2. The number of carbonyl (C=O) groups is 2. The summed E-state index contributed by atoms with van der Waals surface area (Å²) in [5.41, 5.74) is 6.04. The summed E-state index contributed by atoms with van der Waals surface area (Å²) in [5, 5.41) is 8.54. The van der Waals surface area contributed by atoms with Gasteiger partial charge in [-0.1, -0.05) is 31.2 Å². The lowest BCUT2D eigenvalue weighted by atomic mass is 10.0. The molecule has 1 atom stereocenters. The molecule has 100 valence electrons. The second-order valence-electron chi connectivity index (χ2n) is 3.96. The Morgan fingerprint density at radius 3 is 1.72 bits per heavy atom. The maximum absolute atomic E-state index is 11.0. The molecule has 0 aliphatic carbocycles. The number of rotatable bonds is 4. The normalized spacial score (nSPS) is 11.2. The third-order valence-electron chi connectivity index (χ3n) is 2.43. The Kier molecular flexibility index (Phi) is 7.83. The number of Topliss-reactive ketones (excluding diaryl/α,β-unsaturated/α-hetero) is 2. The number of nitrogens with two attached hydrogens (primary N) is 1. The SMILES string of the molecule is CC(=O)c1ccccc1C(C)=O.CCC(O)CN. The number of carbonyl (C=O) groups excluding carboxylic acids is 2. The van der Waals surface area contributed by atoms with Crippen molar-refractivity contribution in [1.29, 1.82) is 0 Å². The van der Waals surface area contributed by atoms with Crippen LogP contribution < -0.4 is 5.73 Å². The Hall–Kier alpha value is -1.52. The van der Waals surface area contributed by atoms with Gasteiger partial charge >= 0.3 is 0 Å². The first-order valence-corrected chi connectivity index (χ1v) is 5.93. The van der Waals surface area contributed by atoms with Crippen LogP contribution in [0.4, 0.5) is 0 Å². The predicted octanol–water partition coefficient (Wildman–Crippen LogP) is 1.81. The zero-order valence-corrected chi connectivity index (χ0v) is 11.1. The molecule has 1 rings (SSSR count). The lowest BCUT2D eigenvalue weighted by Crippen LogP contribution is -2.17. The van der Waals surface area contributed by atoms with Crippen LogP contribution in [0, 0.1) is 0 Å². The summed E-state index contributed by atoms with van der Waals surface area (Å²) in [6.07, 6.45) is 0.473. The summed E-state index contributed by atoms with van der Waals surface area (Å²) in [5.74, 6) is -0.137. The van der Waals surface area contributed by atoms with Crippen LogP contribution in [0.3, 0.4) is 0 Å². The van der Waals surface area contributed by atoms with Crippen molar-refractivity contribution in [2.75, 3.05) is 6.54 Å². The smallest absolute Gasteiger partial charge is 0.160 e. The highest BCUT2D eigenvalue weighted by atomic mass is 16.3. The van der Waals surface area contributed by atoms with Gasteiger partial charge in [-0.25, -0.2) is 0 Å². The Morgan fingerprint density at radius 1 is 1.17 bits per heavy atom. The van der Waals surface area contributed by atoms with Crippen LogP contribution in [-0.4, -0.2) is 29.3 Å². The van der Waals surface area contributed by atoms with Crippen molar-refractivity contribution in [3.63, 3.8) is 0 Å². The number of hydrogen-bond donors (Lipinski definition) is 2. The fourth-order valence-electron chi connectivity index (χ4n) is 1.26. The van der Waals surface area contributed by atoms with Gasteiger partial charge in [0.15, 0.2) is 11.6 Å². The molecule has 3 N–H and O–H groups in total. The zero-order chi connectivity index (χ0) is 14.1. The molecule has 0 radical (unpaired) electrons. The molecule has 4 nitrogen and oxygen atoms in total. The van der Waals surface area contributed by atoms with Crippen LogP contribution >= 0.6 is 0 Å². The monoisotopic (exact) mass is 251 g/mol. The molecule has 0 bridgehead atoms. The van der Waals surface area contributed by atoms with Gasteiger partial charge in [0.25, 0.3) is 0 Å². The maximum Gasteiger partial charge on any atom is 0.160 e. The Labute approximate surface area is 108 Å². The quantitative estimate of drug-likeness (QED) is 0.800. The van der Waals surface area contributed by atoms with Crippen molar-refractivity contribution < 1.29 is 14.7 Å². The summed E-state index contributed by atoms with van der Waals surface area (Å²) in [7, 11) is 0. The molecule has 0 fully saturated rings. The molecular weight excluding hydrogens is 230 g/mol. The van der Waals surface area contributed by atoms with E-state index in [9.17, 15) is 9.59 Å². The molecular formula is C14H21NO3. The molecule has 0 saturated carbocycles. The molecule has 0 aliphatic heterocycles. The maximum atomic E-state index is 11.0. The van der Waals surface area contributed by atoms with Gasteiger partial charge in [0.05, 0.1) is 6.10 Å². The topological polar surface area (TPSA) is 80.4 Å². The number of aliphatic hydroxyl groups is 1. The number of aliphatic hydroxyl groups excluding tert-OH is 1. The van der Waals surface area contributed by atoms with Crippen LogP contribution in [0.15, 0.2) is 24.3 Å². The third kappa shape index (κ3) is 5.70. The van der Waals surface area contributed by atoms with Crippen molar-refractivity contribution in [2.45, 2.75) is 33.3 Å². The van der Waals surface area contributed by atoms with E-state index in [1.165, 1.54) is 13.8 Å². The molecule has 1 aromatic carbocycles. The highest BCUT2D eigenvalue weighted by molar-refractivity contribution is 6.07. The molecule has 0 amide bonds. The summed E-state index contributed by atoms with van der Waals surface area (Å²) in [6, 6.07) is 6.84. The van der Waals surface area contributed by atoms with Gasteiger partial charge in [-0.15, -0.1) is 0 Å². The van der Waals surface area contributed by atoms with E-state index in [1.54, 1.807) is 24.3 Å². The third-order valence-corrected chi connectivity index (χ3v) is 2.43. The highest BCUT2D eigenvalue weighted by Gasteiger charge is 2.08. The second-order valence-corrected chi connectivity index (χ2v) is 3.96. The van der Waals surface area contributed by atoms with E-state index in [2.05, 4.69) is 0 Å². The Bertz CT molecular complexity index is 365. The zero-order valence-electron chi connectivity index (χ0n) is 11.1. The van der Waals surface area contributed by atoms with Crippen molar-refractivity contribution in [2.24, 2.45) is 5.73 Å². The lowest BCUT2D eigenvalue weighted by molar-refractivity contribution is 0.0981. The van der Waals surface area contributed by atoms with Gasteiger partial charge in [-0.05, 0) is 20.3 Å². The standard InChI is InChI=1S/C10H10O2.C4H11NO/c1-7(11)9-5-3-4-6-10(9)8(2)12;1-2-4(6)3-5/h3-6H,1-2H3;4,6H,2-3,5H2,1H3. The fraction of sp³-hybridized carbons (Fsp3) is 0.429. The van der Waals surface area contributed by atoms with Crippen LogP contribution in [0.1, 0.15) is 47.9 Å². The fourth-order valence-corrected chi connectivity index (χ4v) is 1.26. The van der Waals surface area contributed by atoms with E-state index in [-0.39, 0.29) is 17.7 Å². The average molecular weight is 251 g/mol. The first-order chi connectivity index (χ1) is 8.43. The van der Waals surface area contributed by atoms with Gasteiger partial charge in [0, 0.05) is 17.7 Å². The van der Waals surface area contributed by atoms with Crippen molar-refractivity contribution >= 4 is 11.6 Å². The predicted molar refractivity (Wildman–Crippen MR) is 71.8 cm³/mol. The molecule has 4 heteroatoms. The van der Waals surface area contributed by atoms with E-state index in [1.807, 2.05) is 6.92 Å². The second kappa shape index (κ2) is 8.55. The molecule has 1 unspecified atom stereocenters. The summed E-state index contributed by atoms with van der Waals surface area (Å²) in [6.45, 7) is 5.21. The molecule has 0 heterocycles. The first-order valence-electron chi connectivity index (χ1n) is 5.93. The summed E-state index contributed by atoms with van der Waals surface area (Å²) in [4.78, 5) is 22.0. The van der Waals surface area contributed by atoms with Gasteiger partial charge in [0.1, 0.15) is 0 Å². The van der Waals surface area contributed by atoms with Gasteiger partial charge in [-0.3, -0.25) is 9.59 Å². The van der Waals surface area contributed by atoms with E-state index >= 15 is 0 Å². The average Bonchev–Trinajstić information content (AvgIpc) is 2.38. The first kappa shape index (κ1) is 16.5. The minimum absolute atomic E-state index is 0.0687. The molecule has 0 aromatic heterocycles. The molecule has 1 aromatic rings. The van der Waals surface area contributed by atoms with Crippen molar-refractivity contribution in [1.82, 2.24) is 0 Å². The Morgan fingerprint density at radius 2 is 1.56 bits per heavy atom. The van der Waals surface area contributed by atoms with Crippen LogP contribution in [-0.2, 0) is 0 Å². The Balaban J connectivity index is 0.000000411. The van der Waals surface area contributed by atoms with Crippen LogP contribution in [0.2, 0.25) is 0 Å². The van der Waals surface area contributed by atoms with E-state index in [4.69, 9.17) is 10.8 Å². The van der Waals surface area contributed by atoms with Crippen LogP contribution in [0.25, 0.3) is 0 Å². The van der Waals surface area contributed by atoms with Gasteiger partial charge in [0.2, 0.25) is 0 Å². The lowest BCUT2D eigenvalue weighted by Gasteiger charge is -2.00. The van der Waals surface area contributed by atoms with Gasteiger partial charge in [-0.2, -0.15) is 0 Å². The molecule has 0 aliphatic rings. The van der Waals surface area contributed by atoms with E-state index in [0.717, 1.165) is 6.42 Å². The largest absolute Gasteiger partial charge is 0.392 e. The molecule has 0 saturated heterocycles. The van der Waals surface area contributed by atoms with E-state index in [0.29, 0.717) is 17.7 Å².